The molecule has 0 bridgehead atoms. The van der Waals surface area contributed by atoms with Gasteiger partial charge in [0, 0.05) is 4.88 Å². The lowest BCUT2D eigenvalue weighted by Crippen LogP contribution is -2.18. The number of esters is 1. The summed E-state index contributed by atoms with van der Waals surface area (Å²) in [4.78, 5) is 11.7. The molecule has 4 heteroatoms. The molecule has 1 aromatic rings. The SMILES string of the molecule is COC(=O)[C@@H](O)/C=C/c1cccs1. The third kappa shape index (κ3) is 3.01. The lowest BCUT2D eigenvalue weighted by atomic mass is 10.3. The van der Waals surface area contributed by atoms with Gasteiger partial charge in [0.25, 0.3) is 0 Å². The summed E-state index contributed by atoms with van der Waals surface area (Å²) in [5.41, 5.74) is 0. The van der Waals surface area contributed by atoms with Crippen LogP contribution >= 0.6 is 11.3 Å². The van der Waals surface area contributed by atoms with Crippen LogP contribution in [0.5, 0.6) is 0 Å². The quantitative estimate of drug-likeness (QED) is 0.744. The van der Waals surface area contributed by atoms with Crippen molar-refractivity contribution in [2.45, 2.75) is 6.10 Å². The van der Waals surface area contributed by atoms with Gasteiger partial charge in [-0.3, -0.25) is 0 Å². The van der Waals surface area contributed by atoms with Crippen LogP contribution in [0.3, 0.4) is 0 Å². The van der Waals surface area contributed by atoms with Crippen LogP contribution in [0.15, 0.2) is 23.6 Å². The number of rotatable bonds is 3. The van der Waals surface area contributed by atoms with Gasteiger partial charge in [0.15, 0.2) is 6.10 Å². The Kier molecular flexibility index (Phi) is 3.67. The van der Waals surface area contributed by atoms with E-state index in [-0.39, 0.29) is 0 Å². The van der Waals surface area contributed by atoms with E-state index in [0.29, 0.717) is 0 Å². The lowest BCUT2D eigenvalue weighted by Gasteiger charge is -2.00. The largest absolute Gasteiger partial charge is 0.467 e. The lowest BCUT2D eigenvalue weighted by molar-refractivity contribution is -0.147. The van der Waals surface area contributed by atoms with Gasteiger partial charge in [-0.2, -0.15) is 0 Å². The molecule has 1 rings (SSSR count). The molecule has 70 valence electrons. The first-order chi connectivity index (χ1) is 6.24. The summed E-state index contributed by atoms with van der Waals surface area (Å²) < 4.78 is 4.35. The van der Waals surface area contributed by atoms with Gasteiger partial charge in [-0.05, 0) is 23.6 Å². The van der Waals surface area contributed by atoms with E-state index >= 15 is 0 Å². The molecule has 0 saturated carbocycles. The van der Waals surface area contributed by atoms with E-state index in [1.165, 1.54) is 24.5 Å². The molecule has 0 radical (unpaired) electrons. The van der Waals surface area contributed by atoms with E-state index < -0.39 is 12.1 Å². The first kappa shape index (κ1) is 9.95. The maximum atomic E-state index is 10.8. The summed E-state index contributed by atoms with van der Waals surface area (Å²) in [5.74, 6) is -0.646. The van der Waals surface area contributed by atoms with Crippen LogP contribution in [-0.2, 0) is 9.53 Å². The van der Waals surface area contributed by atoms with Crippen molar-refractivity contribution < 1.29 is 14.6 Å². The Labute approximate surface area is 80.3 Å². The highest BCUT2D eigenvalue weighted by atomic mass is 32.1. The number of aliphatic hydroxyl groups excluding tert-OH is 1. The number of carbonyl (C=O) groups excluding carboxylic acids is 1. The number of ether oxygens (including phenoxy) is 1. The Morgan fingerprint density at radius 3 is 3.08 bits per heavy atom. The van der Waals surface area contributed by atoms with Crippen molar-refractivity contribution in [1.82, 2.24) is 0 Å². The topological polar surface area (TPSA) is 46.5 Å². The number of thiophene rings is 1. The van der Waals surface area contributed by atoms with Crippen molar-refractivity contribution in [3.63, 3.8) is 0 Å². The summed E-state index contributed by atoms with van der Waals surface area (Å²) >= 11 is 1.53. The smallest absolute Gasteiger partial charge is 0.338 e. The molecule has 1 N–H and O–H groups in total. The van der Waals surface area contributed by atoms with E-state index in [1.807, 2.05) is 17.5 Å². The number of methoxy groups -OCH3 is 1. The van der Waals surface area contributed by atoms with E-state index in [0.717, 1.165) is 4.88 Å². The van der Waals surface area contributed by atoms with Gasteiger partial charge in [-0.25, -0.2) is 4.79 Å². The number of aliphatic hydroxyl groups is 1. The van der Waals surface area contributed by atoms with Crippen molar-refractivity contribution >= 4 is 23.4 Å². The Balaban J connectivity index is 2.53. The van der Waals surface area contributed by atoms with Crippen LogP contribution in [0.1, 0.15) is 4.88 Å². The van der Waals surface area contributed by atoms with Crippen LogP contribution in [0.2, 0.25) is 0 Å². The molecule has 0 saturated heterocycles. The second-order valence-corrected chi connectivity index (χ2v) is 3.32. The molecule has 0 aliphatic heterocycles. The van der Waals surface area contributed by atoms with Crippen LogP contribution in [0, 0.1) is 0 Å². The monoisotopic (exact) mass is 198 g/mol. The number of hydrogen-bond acceptors (Lipinski definition) is 4. The second-order valence-electron chi connectivity index (χ2n) is 2.34. The zero-order valence-electron chi connectivity index (χ0n) is 7.14. The molecule has 1 aromatic heterocycles. The van der Waals surface area contributed by atoms with Crippen molar-refractivity contribution in [3.05, 3.63) is 28.5 Å². The predicted octanol–water partition coefficient (Wildman–Crippen LogP) is 1.30. The summed E-state index contributed by atoms with van der Waals surface area (Å²) in [7, 11) is 1.24. The first-order valence-corrected chi connectivity index (χ1v) is 4.59. The molecule has 0 aliphatic rings. The van der Waals surface area contributed by atoms with Crippen LogP contribution in [0.4, 0.5) is 0 Å². The summed E-state index contributed by atoms with van der Waals surface area (Å²) in [5, 5.41) is 11.1. The average molecular weight is 198 g/mol. The van der Waals surface area contributed by atoms with Gasteiger partial charge < -0.3 is 9.84 Å². The minimum absolute atomic E-state index is 0.646. The highest BCUT2D eigenvalue weighted by molar-refractivity contribution is 7.10. The zero-order chi connectivity index (χ0) is 9.68. The third-order valence-electron chi connectivity index (χ3n) is 1.43. The van der Waals surface area contributed by atoms with E-state index in [9.17, 15) is 4.79 Å². The molecule has 0 fully saturated rings. The van der Waals surface area contributed by atoms with Crippen LogP contribution in [0.25, 0.3) is 6.08 Å². The zero-order valence-corrected chi connectivity index (χ0v) is 7.95. The van der Waals surface area contributed by atoms with E-state index in [2.05, 4.69) is 4.74 Å². The highest BCUT2D eigenvalue weighted by Crippen LogP contribution is 2.10. The third-order valence-corrected chi connectivity index (χ3v) is 2.27. The Bertz CT molecular complexity index is 290. The van der Waals surface area contributed by atoms with Crippen molar-refractivity contribution in [1.29, 1.82) is 0 Å². The van der Waals surface area contributed by atoms with Gasteiger partial charge in [0.1, 0.15) is 0 Å². The first-order valence-electron chi connectivity index (χ1n) is 3.71. The molecule has 0 aromatic carbocycles. The second kappa shape index (κ2) is 4.79. The Hall–Kier alpha value is -1.13. The Morgan fingerprint density at radius 1 is 1.77 bits per heavy atom. The normalized spacial score (nSPS) is 13.1. The van der Waals surface area contributed by atoms with Gasteiger partial charge in [-0.15, -0.1) is 11.3 Å². The fourth-order valence-electron chi connectivity index (χ4n) is 0.771. The fourth-order valence-corrected chi connectivity index (χ4v) is 1.40. The molecule has 13 heavy (non-hydrogen) atoms. The van der Waals surface area contributed by atoms with E-state index in [1.54, 1.807) is 6.08 Å². The summed E-state index contributed by atoms with van der Waals surface area (Å²) in [6, 6.07) is 3.79. The van der Waals surface area contributed by atoms with Crippen LogP contribution in [-0.4, -0.2) is 24.3 Å². The van der Waals surface area contributed by atoms with Crippen LogP contribution < -0.4 is 0 Å². The van der Waals surface area contributed by atoms with Crippen molar-refractivity contribution in [3.8, 4) is 0 Å². The summed E-state index contributed by atoms with van der Waals surface area (Å²) in [6.07, 6.45) is 1.91. The molecule has 0 unspecified atom stereocenters. The van der Waals surface area contributed by atoms with Gasteiger partial charge in [0.05, 0.1) is 7.11 Å². The molecular formula is C9H10O3S. The molecule has 3 nitrogen and oxygen atoms in total. The molecule has 1 atom stereocenters. The molecular weight excluding hydrogens is 188 g/mol. The number of carbonyl (C=O) groups is 1. The standard InChI is InChI=1S/C9H10O3S/c1-12-9(11)8(10)5-4-7-3-2-6-13-7/h2-6,8,10H,1H3/b5-4+/t8-/m0/s1. The van der Waals surface area contributed by atoms with Crippen molar-refractivity contribution in [2.75, 3.05) is 7.11 Å². The number of hydrogen-bond donors (Lipinski definition) is 1. The molecule has 0 aliphatic carbocycles. The molecule has 0 amide bonds. The minimum Gasteiger partial charge on any atom is -0.467 e. The summed E-state index contributed by atoms with van der Waals surface area (Å²) in [6.45, 7) is 0. The maximum absolute atomic E-state index is 10.8. The van der Waals surface area contributed by atoms with E-state index in [4.69, 9.17) is 5.11 Å². The highest BCUT2D eigenvalue weighted by Gasteiger charge is 2.10. The predicted molar refractivity (Wildman–Crippen MR) is 51.4 cm³/mol. The molecule has 0 spiro atoms. The average Bonchev–Trinajstić information content (AvgIpc) is 2.65. The van der Waals surface area contributed by atoms with Gasteiger partial charge >= 0.3 is 5.97 Å². The molecule has 1 heterocycles. The maximum Gasteiger partial charge on any atom is 0.338 e. The van der Waals surface area contributed by atoms with Gasteiger partial charge in [-0.1, -0.05) is 6.07 Å². The van der Waals surface area contributed by atoms with Crippen molar-refractivity contribution in [2.24, 2.45) is 0 Å². The fraction of sp³-hybridized carbons (Fsp3) is 0.222. The minimum atomic E-state index is -1.17. The van der Waals surface area contributed by atoms with Gasteiger partial charge in [0.2, 0.25) is 0 Å². The Morgan fingerprint density at radius 2 is 2.54 bits per heavy atom.